The molecule has 0 aliphatic carbocycles. The van der Waals surface area contributed by atoms with E-state index in [0.717, 1.165) is 5.69 Å². The van der Waals surface area contributed by atoms with Crippen LogP contribution in [0.15, 0.2) is 36.7 Å². The third-order valence-electron chi connectivity index (χ3n) is 5.28. The second kappa shape index (κ2) is 7.99. The third-order valence-corrected chi connectivity index (χ3v) is 5.77. The number of phosphoric ester groups is 1. The Morgan fingerprint density at radius 3 is 2.67 bits per heavy atom. The van der Waals surface area contributed by atoms with Gasteiger partial charge in [0.1, 0.15) is 23.8 Å². The number of benzene rings is 1. The normalized spacial score (nSPS) is 26.5. The van der Waals surface area contributed by atoms with E-state index in [-0.39, 0.29) is 18.4 Å². The van der Waals surface area contributed by atoms with E-state index in [1.165, 1.54) is 6.33 Å². The topological polar surface area (TPSA) is 176 Å². The molecule has 13 nitrogen and oxygen atoms in total. The van der Waals surface area contributed by atoms with Gasteiger partial charge in [0.05, 0.1) is 12.9 Å². The third kappa shape index (κ3) is 4.44. The molecular weight excluding hydrogens is 455 g/mol. The van der Waals surface area contributed by atoms with Gasteiger partial charge in [0.15, 0.2) is 23.5 Å². The predicted octanol–water partition coefficient (Wildman–Crippen LogP) is 1.68. The first-order valence-electron chi connectivity index (χ1n) is 10.1. The van der Waals surface area contributed by atoms with E-state index in [0.29, 0.717) is 11.2 Å². The van der Waals surface area contributed by atoms with Crippen LogP contribution < -0.4 is 11.1 Å². The number of imidazole rings is 1. The quantitative estimate of drug-likeness (QED) is 0.378. The first-order valence-corrected chi connectivity index (χ1v) is 11.7. The molecule has 5 N–H and O–H groups in total. The molecule has 3 aromatic rings. The SMILES string of the molecule is CC1(C)O[C@@H]2[C@H](O1)[C@@H](COP(=O)(O)O)O[C@H]2n1cnc2c(N)nc(Nc3ccccc3)nc21. The maximum absolute atomic E-state index is 11.2. The van der Waals surface area contributed by atoms with E-state index >= 15 is 0 Å². The molecule has 0 bridgehead atoms. The van der Waals surface area contributed by atoms with Gasteiger partial charge in [-0.05, 0) is 26.0 Å². The molecule has 14 heteroatoms. The predicted molar refractivity (Wildman–Crippen MR) is 115 cm³/mol. The van der Waals surface area contributed by atoms with Crippen molar-refractivity contribution in [2.24, 2.45) is 0 Å². The molecule has 0 amide bonds. The number of hydrogen-bond donors (Lipinski definition) is 4. The molecule has 0 saturated carbocycles. The van der Waals surface area contributed by atoms with Gasteiger partial charge < -0.3 is 35.0 Å². The Morgan fingerprint density at radius 1 is 1.21 bits per heavy atom. The zero-order chi connectivity index (χ0) is 23.4. The molecule has 0 unspecified atom stereocenters. The number of nitrogens with zero attached hydrogens (tertiary/aromatic N) is 4. The zero-order valence-corrected chi connectivity index (χ0v) is 18.6. The number of phosphoric acid groups is 1. The summed E-state index contributed by atoms with van der Waals surface area (Å²) >= 11 is 0. The maximum atomic E-state index is 11.2. The molecule has 4 heterocycles. The number of rotatable bonds is 6. The minimum absolute atomic E-state index is 0.178. The van der Waals surface area contributed by atoms with Gasteiger partial charge in [-0.3, -0.25) is 9.09 Å². The van der Waals surface area contributed by atoms with E-state index < -0.39 is 38.1 Å². The van der Waals surface area contributed by atoms with Crippen molar-refractivity contribution >= 4 is 36.4 Å². The molecule has 2 saturated heterocycles. The standard InChI is InChI=1S/C19H23N6O7P/c1-19(2)31-13-11(8-29-33(26,27)28)30-17(14(13)32-19)25-9-21-12-15(20)23-18(24-16(12)25)22-10-6-4-3-5-7-10/h3-7,9,11,13-14,17H,8H2,1-2H3,(H2,26,27,28)(H3,20,22,23,24)/t11-,13-,14-,17-/m1/s1. The molecule has 1 aromatic carbocycles. The fraction of sp³-hybridized carbons (Fsp3) is 0.421. The Labute approximate surface area is 188 Å². The molecule has 5 rings (SSSR count). The molecule has 2 aromatic heterocycles. The Bertz CT molecular complexity index is 1220. The lowest BCUT2D eigenvalue weighted by Gasteiger charge is -2.24. The molecule has 4 atom stereocenters. The molecule has 33 heavy (non-hydrogen) atoms. The lowest BCUT2D eigenvalue weighted by atomic mass is 10.1. The average molecular weight is 478 g/mol. The van der Waals surface area contributed by atoms with Crippen molar-refractivity contribution < 1.29 is 33.1 Å². The van der Waals surface area contributed by atoms with Crippen LogP contribution in [0.25, 0.3) is 11.2 Å². The number of hydrogen-bond acceptors (Lipinski definition) is 10. The summed E-state index contributed by atoms with van der Waals surface area (Å²) in [5.74, 6) is -0.479. The van der Waals surface area contributed by atoms with Crippen molar-refractivity contribution in [3.63, 3.8) is 0 Å². The fourth-order valence-corrected chi connectivity index (χ4v) is 4.36. The monoisotopic (exact) mass is 478 g/mol. The minimum atomic E-state index is -4.69. The summed E-state index contributed by atoms with van der Waals surface area (Å²) in [5, 5.41) is 3.10. The van der Waals surface area contributed by atoms with Crippen molar-refractivity contribution in [1.29, 1.82) is 0 Å². The van der Waals surface area contributed by atoms with Crippen LogP contribution >= 0.6 is 7.82 Å². The van der Waals surface area contributed by atoms with Gasteiger partial charge in [-0.2, -0.15) is 9.97 Å². The van der Waals surface area contributed by atoms with Gasteiger partial charge in [-0.15, -0.1) is 0 Å². The lowest BCUT2D eigenvalue weighted by molar-refractivity contribution is -0.199. The van der Waals surface area contributed by atoms with Crippen LogP contribution in [0.4, 0.5) is 17.5 Å². The molecule has 2 aliphatic rings. The number of aromatic nitrogens is 4. The van der Waals surface area contributed by atoms with Gasteiger partial charge in [-0.25, -0.2) is 9.55 Å². The zero-order valence-electron chi connectivity index (χ0n) is 17.7. The summed E-state index contributed by atoms with van der Waals surface area (Å²) in [5.41, 5.74) is 7.68. The van der Waals surface area contributed by atoms with Crippen LogP contribution in [0.3, 0.4) is 0 Å². The van der Waals surface area contributed by atoms with Gasteiger partial charge >= 0.3 is 7.82 Å². The Kier molecular flexibility index (Phi) is 5.37. The van der Waals surface area contributed by atoms with Crippen LogP contribution in [-0.4, -0.2) is 60.0 Å². The van der Waals surface area contributed by atoms with Gasteiger partial charge in [0.25, 0.3) is 0 Å². The molecule has 0 spiro atoms. The fourth-order valence-electron chi connectivity index (χ4n) is 4.02. The van der Waals surface area contributed by atoms with E-state index in [2.05, 4.69) is 24.8 Å². The number of nitrogen functional groups attached to an aromatic ring is 1. The first kappa shape index (κ1) is 22.2. The van der Waals surface area contributed by atoms with Crippen LogP contribution in [0.2, 0.25) is 0 Å². The second-order valence-electron chi connectivity index (χ2n) is 8.16. The highest BCUT2D eigenvalue weighted by molar-refractivity contribution is 7.46. The summed E-state index contributed by atoms with van der Waals surface area (Å²) in [7, 11) is -4.69. The largest absolute Gasteiger partial charge is 0.469 e. The highest BCUT2D eigenvalue weighted by Crippen LogP contribution is 2.45. The van der Waals surface area contributed by atoms with Crippen LogP contribution in [-0.2, 0) is 23.3 Å². The van der Waals surface area contributed by atoms with E-state index in [1.54, 1.807) is 18.4 Å². The van der Waals surface area contributed by atoms with Crippen LogP contribution in [0, 0.1) is 0 Å². The molecule has 176 valence electrons. The van der Waals surface area contributed by atoms with Gasteiger partial charge in [-0.1, -0.05) is 18.2 Å². The first-order chi connectivity index (χ1) is 15.6. The van der Waals surface area contributed by atoms with Crippen molar-refractivity contribution in [2.75, 3.05) is 17.7 Å². The summed E-state index contributed by atoms with van der Waals surface area (Å²) in [6.07, 6.45) is -1.29. The Balaban J connectivity index is 1.49. The number of anilines is 3. The van der Waals surface area contributed by atoms with E-state index in [4.69, 9.17) is 29.7 Å². The van der Waals surface area contributed by atoms with Gasteiger partial charge in [0, 0.05) is 5.69 Å². The van der Waals surface area contributed by atoms with Crippen molar-refractivity contribution in [1.82, 2.24) is 19.5 Å². The number of ether oxygens (including phenoxy) is 3. The van der Waals surface area contributed by atoms with Crippen LogP contribution in [0.5, 0.6) is 0 Å². The minimum Gasteiger partial charge on any atom is -0.382 e. The number of fused-ring (bicyclic) bond motifs is 2. The van der Waals surface area contributed by atoms with Crippen molar-refractivity contribution in [2.45, 2.75) is 44.2 Å². The number of nitrogens with two attached hydrogens (primary N) is 1. The number of nitrogens with one attached hydrogen (secondary N) is 1. The number of para-hydroxylation sites is 1. The lowest BCUT2D eigenvalue weighted by Crippen LogP contribution is -2.32. The highest BCUT2D eigenvalue weighted by atomic mass is 31.2. The second-order valence-corrected chi connectivity index (χ2v) is 9.40. The Morgan fingerprint density at radius 2 is 1.94 bits per heavy atom. The molecule has 2 fully saturated rings. The van der Waals surface area contributed by atoms with Gasteiger partial charge in [0.2, 0.25) is 5.95 Å². The summed E-state index contributed by atoms with van der Waals surface area (Å²) in [6, 6.07) is 9.37. The summed E-state index contributed by atoms with van der Waals surface area (Å²) in [4.78, 5) is 31.4. The van der Waals surface area contributed by atoms with E-state index in [1.807, 2.05) is 30.3 Å². The molecule has 2 aliphatic heterocycles. The smallest absolute Gasteiger partial charge is 0.382 e. The van der Waals surface area contributed by atoms with Crippen LogP contribution in [0.1, 0.15) is 20.1 Å². The Hall–Kier alpha value is -2.64. The maximum Gasteiger partial charge on any atom is 0.469 e. The van der Waals surface area contributed by atoms with Crippen molar-refractivity contribution in [3.05, 3.63) is 36.7 Å². The molecule has 0 radical (unpaired) electrons. The van der Waals surface area contributed by atoms with E-state index in [9.17, 15) is 4.57 Å². The summed E-state index contributed by atoms with van der Waals surface area (Å²) < 4.78 is 35.5. The average Bonchev–Trinajstić information content (AvgIpc) is 3.38. The van der Waals surface area contributed by atoms with Crippen molar-refractivity contribution in [3.8, 4) is 0 Å². The molecular formula is C19H23N6O7P. The highest BCUT2D eigenvalue weighted by Gasteiger charge is 2.56. The summed E-state index contributed by atoms with van der Waals surface area (Å²) in [6.45, 7) is 3.11.